The van der Waals surface area contributed by atoms with Crippen LogP contribution in [0.25, 0.3) is 11.3 Å². The van der Waals surface area contributed by atoms with Gasteiger partial charge in [-0.1, -0.05) is 5.21 Å². The van der Waals surface area contributed by atoms with Crippen molar-refractivity contribution in [1.82, 2.24) is 19.9 Å². The van der Waals surface area contributed by atoms with Crippen LogP contribution in [0.4, 0.5) is 0 Å². The van der Waals surface area contributed by atoms with Crippen molar-refractivity contribution >= 4 is 5.91 Å². The molecule has 0 bridgehead atoms. The van der Waals surface area contributed by atoms with Gasteiger partial charge >= 0.3 is 0 Å². The lowest BCUT2D eigenvalue weighted by atomic mass is 10.1. The number of hydrogen-bond acceptors (Lipinski definition) is 5. The molecule has 1 aromatic heterocycles. The SMILES string of the molecule is CCOc1ccc(-c2cn(C3CN(C(=O)COC)C3)nn2)cc1. The fourth-order valence-corrected chi connectivity index (χ4v) is 2.52. The van der Waals surface area contributed by atoms with Gasteiger partial charge in [0.2, 0.25) is 5.91 Å². The van der Waals surface area contributed by atoms with E-state index in [4.69, 9.17) is 9.47 Å². The first kappa shape index (κ1) is 15.5. The lowest BCUT2D eigenvalue weighted by Gasteiger charge is -2.38. The summed E-state index contributed by atoms with van der Waals surface area (Å²) in [5, 5.41) is 8.39. The molecular weight excluding hydrogens is 296 g/mol. The van der Waals surface area contributed by atoms with Crippen molar-refractivity contribution < 1.29 is 14.3 Å². The van der Waals surface area contributed by atoms with E-state index in [-0.39, 0.29) is 18.6 Å². The lowest BCUT2D eigenvalue weighted by Crippen LogP contribution is -2.52. The summed E-state index contributed by atoms with van der Waals surface area (Å²) in [6.45, 7) is 4.03. The molecule has 0 aliphatic carbocycles. The first-order chi connectivity index (χ1) is 11.2. The van der Waals surface area contributed by atoms with E-state index in [1.165, 1.54) is 7.11 Å². The van der Waals surface area contributed by atoms with Gasteiger partial charge in [0.1, 0.15) is 18.1 Å². The maximum atomic E-state index is 11.7. The molecule has 0 atom stereocenters. The Morgan fingerprint density at radius 1 is 1.30 bits per heavy atom. The molecule has 3 rings (SSSR count). The molecule has 1 fully saturated rings. The average Bonchev–Trinajstić information content (AvgIpc) is 2.97. The third-order valence-electron chi connectivity index (χ3n) is 3.83. The average molecular weight is 316 g/mol. The predicted molar refractivity (Wildman–Crippen MR) is 84.1 cm³/mol. The van der Waals surface area contributed by atoms with Crippen molar-refractivity contribution in [2.24, 2.45) is 0 Å². The largest absolute Gasteiger partial charge is 0.494 e. The minimum atomic E-state index is 0.00982. The van der Waals surface area contributed by atoms with E-state index in [1.54, 1.807) is 4.90 Å². The summed E-state index contributed by atoms with van der Waals surface area (Å²) in [5.41, 5.74) is 1.81. The van der Waals surface area contributed by atoms with E-state index in [1.807, 2.05) is 42.1 Å². The Bertz CT molecular complexity index is 662. The number of rotatable bonds is 6. The summed E-state index contributed by atoms with van der Waals surface area (Å²) in [4.78, 5) is 13.4. The number of carbonyl (C=O) groups excluding carboxylic acids is 1. The van der Waals surface area contributed by atoms with E-state index < -0.39 is 0 Å². The molecule has 23 heavy (non-hydrogen) atoms. The minimum absolute atomic E-state index is 0.00982. The van der Waals surface area contributed by atoms with Crippen LogP contribution in [0.2, 0.25) is 0 Å². The second-order valence-electron chi connectivity index (χ2n) is 5.43. The summed E-state index contributed by atoms with van der Waals surface area (Å²) in [7, 11) is 1.52. The third kappa shape index (κ3) is 3.34. The predicted octanol–water partition coefficient (Wildman–Crippen LogP) is 1.37. The highest BCUT2D eigenvalue weighted by Crippen LogP contribution is 2.24. The molecule has 122 valence electrons. The quantitative estimate of drug-likeness (QED) is 0.805. The van der Waals surface area contributed by atoms with Gasteiger partial charge in [0.25, 0.3) is 0 Å². The van der Waals surface area contributed by atoms with Crippen LogP contribution in [0.15, 0.2) is 30.5 Å². The Balaban J connectivity index is 1.62. The first-order valence-corrected chi connectivity index (χ1v) is 7.63. The summed E-state index contributed by atoms with van der Waals surface area (Å²) in [5.74, 6) is 0.852. The van der Waals surface area contributed by atoms with Gasteiger partial charge < -0.3 is 14.4 Å². The summed E-state index contributed by atoms with van der Waals surface area (Å²) in [6, 6.07) is 7.96. The van der Waals surface area contributed by atoms with Gasteiger partial charge in [-0.15, -0.1) is 5.10 Å². The van der Waals surface area contributed by atoms with Crippen molar-refractivity contribution in [1.29, 1.82) is 0 Å². The normalized spacial score (nSPS) is 14.6. The van der Waals surface area contributed by atoms with Gasteiger partial charge in [-0.25, -0.2) is 4.68 Å². The zero-order valence-corrected chi connectivity index (χ0v) is 13.3. The van der Waals surface area contributed by atoms with E-state index >= 15 is 0 Å². The lowest BCUT2D eigenvalue weighted by molar-refractivity contribution is -0.141. The molecule has 1 saturated heterocycles. The number of likely N-dealkylation sites (tertiary alicyclic amines) is 1. The van der Waals surface area contributed by atoms with Crippen molar-refractivity contribution in [2.75, 3.05) is 33.4 Å². The Morgan fingerprint density at radius 3 is 2.70 bits per heavy atom. The van der Waals surface area contributed by atoms with Crippen LogP contribution >= 0.6 is 0 Å². The molecule has 7 heteroatoms. The van der Waals surface area contributed by atoms with E-state index in [9.17, 15) is 4.79 Å². The fourth-order valence-electron chi connectivity index (χ4n) is 2.52. The van der Waals surface area contributed by atoms with E-state index in [0.717, 1.165) is 17.0 Å². The topological polar surface area (TPSA) is 69.5 Å². The van der Waals surface area contributed by atoms with Gasteiger partial charge in [-0.3, -0.25) is 4.79 Å². The molecule has 0 spiro atoms. The Labute approximate surface area is 134 Å². The van der Waals surface area contributed by atoms with Crippen molar-refractivity contribution in [2.45, 2.75) is 13.0 Å². The molecule has 0 saturated carbocycles. The second kappa shape index (κ2) is 6.78. The van der Waals surface area contributed by atoms with Crippen LogP contribution in [0.3, 0.4) is 0 Å². The molecule has 1 aromatic carbocycles. The summed E-state index contributed by atoms with van der Waals surface area (Å²) < 4.78 is 12.1. The highest BCUT2D eigenvalue weighted by atomic mass is 16.5. The highest BCUT2D eigenvalue weighted by molar-refractivity contribution is 5.78. The summed E-state index contributed by atoms with van der Waals surface area (Å²) >= 11 is 0. The van der Waals surface area contributed by atoms with Crippen molar-refractivity contribution in [3.8, 4) is 17.0 Å². The van der Waals surface area contributed by atoms with Crippen LogP contribution in [-0.2, 0) is 9.53 Å². The third-order valence-corrected chi connectivity index (χ3v) is 3.83. The molecule has 1 aliphatic heterocycles. The number of hydrogen-bond donors (Lipinski definition) is 0. The number of benzene rings is 1. The first-order valence-electron chi connectivity index (χ1n) is 7.63. The van der Waals surface area contributed by atoms with Gasteiger partial charge in [0.05, 0.1) is 18.8 Å². The van der Waals surface area contributed by atoms with E-state index in [0.29, 0.717) is 19.7 Å². The van der Waals surface area contributed by atoms with Crippen LogP contribution in [0.5, 0.6) is 5.75 Å². The minimum Gasteiger partial charge on any atom is -0.494 e. The Kier molecular flexibility index (Phi) is 4.57. The standard InChI is InChI=1S/C16H20N4O3/c1-3-23-14-6-4-12(5-7-14)15-10-20(18-17-15)13-8-19(9-13)16(21)11-22-2/h4-7,10,13H,3,8-9,11H2,1-2H3. The number of carbonyl (C=O) groups is 1. The fraction of sp³-hybridized carbons (Fsp3) is 0.438. The van der Waals surface area contributed by atoms with Gasteiger partial charge in [-0.2, -0.15) is 0 Å². The zero-order chi connectivity index (χ0) is 16.2. The van der Waals surface area contributed by atoms with Crippen molar-refractivity contribution in [3.05, 3.63) is 30.5 Å². The number of ether oxygens (including phenoxy) is 2. The second-order valence-corrected chi connectivity index (χ2v) is 5.43. The molecule has 0 unspecified atom stereocenters. The van der Waals surface area contributed by atoms with Crippen LogP contribution in [-0.4, -0.2) is 59.2 Å². The molecule has 2 heterocycles. The molecule has 0 radical (unpaired) electrons. The maximum absolute atomic E-state index is 11.7. The number of nitrogens with zero attached hydrogens (tertiary/aromatic N) is 4. The van der Waals surface area contributed by atoms with Crippen LogP contribution < -0.4 is 4.74 Å². The van der Waals surface area contributed by atoms with Crippen molar-refractivity contribution in [3.63, 3.8) is 0 Å². The number of aromatic nitrogens is 3. The molecule has 0 N–H and O–H groups in total. The summed E-state index contributed by atoms with van der Waals surface area (Å²) in [6.07, 6.45) is 1.92. The van der Waals surface area contributed by atoms with Gasteiger partial charge in [0.15, 0.2) is 0 Å². The number of amides is 1. The molecule has 1 aliphatic rings. The molecule has 2 aromatic rings. The van der Waals surface area contributed by atoms with E-state index in [2.05, 4.69) is 10.3 Å². The molecule has 1 amide bonds. The zero-order valence-electron chi connectivity index (χ0n) is 13.3. The monoisotopic (exact) mass is 316 g/mol. The Morgan fingerprint density at radius 2 is 2.04 bits per heavy atom. The Hall–Kier alpha value is -2.41. The molecular formula is C16H20N4O3. The van der Waals surface area contributed by atoms with Crippen LogP contribution in [0, 0.1) is 0 Å². The number of methoxy groups -OCH3 is 1. The molecule has 7 nitrogen and oxygen atoms in total. The highest BCUT2D eigenvalue weighted by Gasteiger charge is 2.32. The maximum Gasteiger partial charge on any atom is 0.248 e. The van der Waals surface area contributed by atoms with Gasteiger partial charge in [-0.05, 0) is 31.2 Å². The smallest absolute Gasteiger partial charge is 0.248 e. The van der Waals surface area contributed by atoms with Gasteiger partial charge in [0, 0.05) is 25.8 Å². The van der Waals surface area contributed by atoms with Crippen LogP contribution in [0.1, 0.15) is 13.0 Å².